The molecule has 0 aromatic heterocycles. The summed E-state index contributed by atoms with van der Waals surface area (Å²) < 4.78 is 26.6. The van der Waals surface area contributed by atoms with Crippen LogP contribution in [0.3, 0.4) is 0 Å². The van der Waals surface area contributed by atoms with Crippen molar-refractivity contribution < 1.29 is 8.42 Å². The molecule has 3 nitrogen and oxygen atoms in total. The van der Waals surface area contributed by atoms with Gasteiger partial charge in [-0.3, -0.25) is 0 Å². The second-order valence-electron chi connectivity index (χ2n) is 6.65. The molecule has 0 saturated heterocycles. The van der Waals surface area contributed by atoms with E-state index >= 15 is 0 Å². The van der Waals surface area contributed by atoms with Crippen molar-refractivity contribution in [2.24, 2.45) is 11.3 Å². The van der Waals surface area contributed by atoms with E-state index < -0.39 is 10.0 Å². The summed E-state index contributed by atoms with van der Waals surface area (Å²) >= 11 is 0. The lowest BCUT2D eigenvalue weighted by Gasteiger charge is -2.38. The monoisotopic (exact) mass is 261 g/mol. The third-order valence-corrected chi connectivity index (χ3v) is 6.05. The molecule has 17 heavy (non-hydrogen) atoms. The van der Waals surface area contributed by atoms with Gasteiger partial charge in [0.2, 0.25) is 10.0 Å². The maximum absolute atomic E-state index is 12.4. The van der Waals surface area contributed by atoms with Crippen LogP contribution in [0, 0.1) is 11.3 Å². The zero-order valence-corrected chi connectivity index (χ0v) is 12.8. The van der Waals surface area contributed by atoms with E-state index in [1.165, 1.54) is 12.8 Å². The van der Waals surface area contributed by atoms with Crippen LogP contribution >= 0.6 is 0 Å². The van der Waals surface area contributed by atoms with Crippen LogP contribution in [-0.4, -0.2) is 30.6 Å². The lowest BCUT2D eigenvalue weighted by Crippen LogP contribution is -2.48. The summed E-state index contributed by atoms with van der Waals surface area (Å²) in [5, 5.41) is -0.328. The third kappa shape index (κ3) is 3.68. The minimum absolute atomic E-state index is 0.0170. The lowest BCUT2D eigenvalue weighted by atomic mass is 9.88. The van der Waals surface area contributed by atoms with Gasteiger partial charge in [-0.2, -0.15) is 4.31 Å². The molecule has 0 aromatic rings. The van der Waals surface area contributed by atoms with Crippen molar-refractivity contribution >= 4 is 10.0 Å². The van der Waals surface area contributed by atoms with E-state index in [9.17, 15) is 8.42 Å². The molecule has 0 aromatic carbocycles. The molecule has 1 atom stereocenters. The van der Waals surface area contributed by atoms with Crippen molar-refractivity contribution in [3.8, 4) is 0 Å². The highest BCUT2D eigenvalue weighted by molar-refractivity contribution is 7.89. The first kappa shape index (κ1) is 15.0. The summed E-state index contributed by atoms with van der Waals surface area (Å²) in [6.07, 6.45) is 2.36. The van der Waals surface area contributed by atoms with E-state index in [1.807, 2.05) is 6.92 Å². The van der Waals surface area contributed by atoms with Crippen molar-refractivity contribution in [2.75, 3.05) is 6.54 Å². The summed E-state index contributed by atoms with van der Waals surface area (Å²) in [6.45, 7) is 12.6. The SMILES string of the molecule is CC(C)S(=O)(=O)N(CC1CC1)[C@@H](C)C(C)(C)C. The predicted molar refractivity (Wildman–Crippen MR) is 72.4 cm³/mol. The van der Waals surface area contributed by atoms with Crippen LogP contribution in [0.15, 0.2) is 0 Å². The normalized spacial score (nSPS) is 20.0. The summed E-state index contributed by atoms with van der Waals surface area (Å²) in [4.78, 5) is 0. The van der Waals surface area contributed by atoms with Crippen LogP contribution < -0.4 is 0 Å². The molecule has 0 unspecified atom stereocenters. The molecular weight excluding hydrogens is 234 g/mol. The molecule has 1 aliphatic carbocycles. The van der Waals surface area contributed by atoms with Crippen molar-refractivity contribution in [2.45, 2.75) is 65.7 Å². The van der Waals surface area contributed by atoms with Crippen molar-refractivity contribution in [1.82, 2.24) is 4.31 Å². The molecule has 0 amide bonds. The number of hydrogen-bond donors (Lipinski definition) is 0. The molecule has 1 aliphatic rings. The molecule has 0 spiro atoms. The average molecular weight is 261 g/mol. The molecule has 1 rings (SSSR count). The Morgan fingerprint density at radius 1 is 1.18 bits per heavy atom. The van der Waals surface area contributed by atoms with E-state index in [2.05, 4.69) is 20.8 Å². The fourth-order valence-electron chi connectivity index (χ4n) is 1.74. The number of nitrogens with zero attached hydrogens (tertiary/aromatic N) is 1. The summed E-state index contributed by atoms with van der Waals surface area (Å²) in [6, 6.07) is 0.0514. The van der Waals surface area contributed by atoms with E-state index in [-0.39, 0.29) is 16.7 Å². The highest BCUT2D eigenvalue weighted by Gasteiger charge is 2.39. The molecule has 0 radical (unpaired) electrons. The summed E-state index contributed by atoms with van der Waals surface area (Å²) in [5.41, 5.74) is -0.0170. The molecule has 1 fully saturated rings. The lowest BCUT2D eigenvalue weighted by molar-refractivity contribution is 0.187. The molecule has 102 valence electrons. The van der Waals surface area contributed by atoms with Gasteiger partial charge in [0.05, 0.1) is 5.25 Å². The largest absolute Gasteiger partial charge is 0.216 e. The maximum atomic E-state index is 12.4. The zero-order valence-electron chi connectivity index (χ0n) is 12.0. The molecule has 0 aliphatic heterocycles. The summed E-state index contributed by atoms with van der Waals surface area (Å²) in [7, 11) is -3.14. The van der Waals surface area contributed by atoms with Crippen LogP contribution in [-0.2, 0) is 10.0 Å². The highest BCUT2D eigenvalue weighted by Crippen LogP contribution is 2.35. The smallest absolute Gasteiger partial charge is 0.212 e. The third-order valence-electron chi connectivity index (χ3n) is 3.74. The Kier molecular flexibility index (Phi) is 4.30. The van der Waals surface area contributed by atoms with Gasteiger partial charge < -0.3 is 0 Å². The highest BCUT2D eigenvalue weighted by atomic mass is 32.2. The quantitative estimate of drug-likeness (QED) is 0.763. The van der Waals surface area contributed by atoms with Gasteiger partial charge in [0.15, 0.2) is 0 Å². The fraction of sp³-hybridized carbons (Fsp3) is 1.00. The Morgan fingerprint density at radius 2 is 1.65 bits per heavy atom. The molecule has 0 N–H and O–H groups in total. The first-order valence-electron chi connectivity index (χ1n) is 6.57. The van der Waals surface area contributed by atoms with Gasteiger partial charge in [-0.25, -0.2) is 8.42 Å². The van der Waals surface area contributed by atoms with E-state index in [4.69, 9.17) is 0 Å². The second-order valence-corrected chi connectivity index (χ2v) is 9.09. The van der Waals surface area contributed by atoms with Crippen LogP contribution in [0.25, 0.3) is 0 Å². The van der Waals surface area contributed by atoms with Gasteiger partial charge in [0, 0.05) is 12.6 Å². The number of sulfonamides is 1. The predicted octanol–water partition coefficient (Wildman–Crippen LogP) is 2.87. The molecule has 0 bridgehead atoms. The minimum atomic E-state index is -3.14. The van der Waals surface area contributed by atoms with Crippen LogP contribution in [0.2, 0.25) is 0 Å². The number of rotatable bonds is 5. The van der Waals surface area contributed by atoms with Crippen LogP contribution in [0.1, 0.15) is 54.4 Å². The van der Waals surface area contributed by atoms with Gasteiger partial charge in [-0.1, -0.05) is 20.8 Å². The van der Waals surface area contributed by atoms with E-state index in [1.54, 1.807) is 18.2 Å². The standard InChI is InChI=1S/C13H27NO2S/c1-10(2)17(15,16)14(9-12-7-8-12)11(3)13(4,5)6/h10-12H,7-9H2,1-6H3/t11-/m0/s1. The van der Waals surface area contributed by atoms with Gasteiger partial charge >= 0.3 is 0 Å². The Labute approximate surface area is 107 Å². The zero-order chi connectivity index (χ0) is 13.4. The van der Waals surface area contributed by atoms with Crippen molar-refractivity contribution in [3.05, 3.63) is 0 Å². The van der Waals surface area contributed by atoms with Gasteiger partial charge in [-0.15, -0.1) is 0 Å². The maximum Gasteiger partial charge on any atom is 0.216 e. The van der Waals surface area contributed by atoms with Gasteiger partial charge in [-0.05, 0) is 44.9 Å². The van der Waals surface area contributed by atoms with Crippen molar-refractivity contribution in [1.29, 1.82) is 0 Å². The Morgan fingerprint density at radius 3 is 1.94 bits per heavy atom. The molecular formula is C13H27NO2S. The molecule has 1 saturated carbocycles. The average Bonchev–Trinajstić information content (AvgIpc) is 2.94. The van der Waals surface area contributed by atoms with E-state index in [0.717, 1.165) is 0 Å². The fourth-order valence-corrected chi connectivity index (χ4v) is 3.46. The number of hydrogen-bond acceptors (Lipinski definition) is 2. The van der Waals surface area contributed by atoms with Crippen LogP contribution in [0.4, 0.5) is 0 Å². The summed E-state index contributed by atoms with van der Waals surface area (Å²) in [5.74, 6) is 0.591. The Bertz CT molecular complexity index is 350. The Balaban J connectivity index is 2.94. The molecule has 4 heteroatoms. The topological polar surface area (TPSA) is 37.4 Å². The van der Waals surface area contributed by atoms with E-state index in [0.29, 0.717) is 12.5 Å². The van der Waals surface area contributed by atoms with Gasteiger partial charge in [0.25, 0.3) is 0 Å². The van der Waals surface area contributed by atoms with Crippen molar-refractivity contribution in [3.63, 3.8) is 0 Å². The second kappa shape index (κ2) is 4.88. The molecule has 0 heterocycles. The van der Waals surface area contributed by atoms with Gasteiger partial charge in [0.1, 0.15) is 0 Å². The van der Waals surface area contributed by atoms with Crippen LogP contribution in [0.5, 0.6) is 0 Å². The Hall–Kier alpha value is -0.0900. The first-order valence-corrected chi connectivity index (χ1v) is 8.07. The first-order chi connectivity index (χ1) is 7.56. The minimum Gasteiger partial charge on any atom is -0.212 e.